The standard InChI is InChI=1S/C20H48O7Si5/c1-28(2,3)23-16(17(24-29(4,5)6)19(21)26-31(10,11)12)18(25-30(7,8)9)20(22)27-32(13,14)15/h16-18H,1-15H3/t17-,18-/m0/s1. The van der Waals surface area contributed by atoms with Crippen molar-refractivity contribution < 1.29 is 31.7 Å². The minimum absolute atomic E-state index is 0.486. The van der Waals surface area contributed by atoms with Gasteiger partial charge < -0.3 is 22.1 Å². The van der Waals surface area contributed by atoms with Gasteiger partial charge in [0.1, 0.15) is 6.10 Å². The highest BCUT2D eigenvalue weighted by Gasteiger charge is 2.48. The van der Waals surface area contributed by atoms with E-state index in [9.17, 15) is 9.59 Å². The molecule has 0 spiro atoms. The predicted molar refractivity (Wildman–Crippen MR) is 144 cm³/mol. The van der Waals surface area contributed by atoms with Crippen molar-refractivity contribution in [2.24, 2.45) is 0 Å². The van der Waals surface area contributed by atoms with Gasteiger partial charge in [-0.05, 0) is 98.2 Å². The van der Waals surface area contributed by atoms with Gasteiger partial charge >= 0.3 is 11.9 Å². The lowest BCUT2D eigenvalue weighted by Gasteiger charge is -2.40. The zero-order valence-electron chi connectivity index (χ0n) is 23.1. The molecular formula is C20H48O7Si5. The summed E-state index contributed by atoms with van der Waals surface area (Å²) in [6, 6.07) is 0. The van der Waals surface area contributed by atoms with Gasteiger partial charge in [0.2, 0.25) is 16.6 Å². The fraction of sp³-hybridized carbons (Fsp3) is 0.900. The first-order valence-electron chi connectivity index (χ1n) is 11.3. The highest BCUT2D eigenvalue weighted by Crippen LogP contribution is 2.27. The van der Waals surface area contributed by atoms with E-state index >= 15 is 0 Å². The third kappa shape index (κ3) is 14.9. The summed E-state index contributed by atoms with van der Waals surface area (Å²) in [5.41, 5.74) is 0. The van der Waals surface area contributed by atoms with Gasteiger partial charge in [-0.2, -0.15) is 0 Å². The van der Waals surface area contributed by atoms with Crippen molar-refractivity contribution in [2.45, 2.75) is 117 Å². The van der Waals surface area contributed by atoms with Crippen LogP contribution in [0.25, 0.3) is 0 Å². The second kappa shape index (κ2) is 11.1. The Kier molecular flexibility index (Phi) is 11.1. The Hall–Kier alpha value is -0.0956. The molecule has 0 aromatic heterocycles. The monoisotopic (exact) mass is 540 g/mol. The molecule has 0 unspecified atom stereocenters. The smallest absolute Gasteiger partial charge is 0.323 e. The first-order valence-corrected chi connectivity index (χ1v) is 28.3. The maximum Gasteiger partial charge on any atom is 0.323 e. The largest absolute Gasteiger partial charge is 0.518 e. The van der Waals surface area contributed by atoms with E-state index in [1.54, 1.807) is 0 Å². The van der Waals surface area contributed by atoms with Crippen LogP contribution in [-0.2, 0) is 31.7 Å². The van der Waals surface area contributed by atoms with Crippen LogP contribution in [-0.4, -0.2) is 71.8 Å². The molecule has 0 aromatic carbocycles. The molecule has 0 aliphatic rings. The Balaban J connectivity index is 6.62. The van der Waals surface area contributed by atoms with E-state index in [1.807, 2.05) is 98.2 Å². The van der Waals surface area contributed by atoms with Crippen molar-refractivity contribution in [3.8, 4) is 0 Å². The molecule has 190 valence electrons. The average Bonchev–Trinajstić information content (AvgIpc) is 2.41. The predicted octanol–water partition coefficient (Wildman–Crippen LogP) is 5.40. The van der Waals surface area contributed by atoms with Gasteiger partial charge in [0.05, 0.1) is 0 Å². The third-order valence-electron chi connectivity index (χ3n) is 3.33. The van der Waals surface area contributed by atoms with Crippen LogP contribution >= 0.6 is 0 Å². The number of hydrogen-bond acceptors (Lipinski definition) is 7. The van der Waals surface area contributed by atoms with Crippen LogP contribution in [0.15, 0.2) is 0 Å². The maximum atomic E-state index is 13.4. The molecule has 0 rings (SSSR count). The number of rotatable bonds is 12. The van der Waals surface area contributed by atoms with Crippen LogP contribution in [0.4, 0.5) is 0 Å². The summed E-state index contributed by atoms with van der Waals surface area (Å²) in [5, 5.41) is 0. The Morgan fingerprint density at radius 2 is 0.688 bits per heavy atom. The zero-order valence-corrected chi connectivity index (χ0v) is 28.1. The summed E-state index contributed by atoms with van der Waals surface area (Å²) in [6.45, 7) is 29.7. The van der Waals surface area contributed by atoms with Crippen molar-refractivity contribution in [1.29, 1.82) is 0 Å². The molecule has 0 aliphatic heterocycles. The van der Waals surface area contributed by atoms with E-state index in [2.05, 4.69) is 0 Å². The molecule has 0 radical (unpaired) electrons. The van der Waals surface area contributed by atoms with Gasteiger partial charge in [0.25, 0.3) is 0 Å². The molecule has 32 heavy (non-hydrogen) atoms. The molecule has 7 nitrogen and oxygen atoms in total. The number of hydrogen-bond donors (Lipinski definition) is 0. The van der Waals surface area contributed by atoms with Crippen LogP contribution in [0.1, 0.15) is 0 Å². The molecule has 0 aromatic rings. The Bertz CT molecular complexity index is 589. The fourth-order valence-corrected chi connectivity index (χ4v) is 7.16. The van der Waals surface area contributed by atoms with Gasteiger partial charge in [-0.3, -0.25) is 9.59 Å². The quantitative estimate of drug-likeness (QED) is 0.306. The van der Waals surface area contributed by atoms with Gasteiger partial charge in [-0.25, -0.2) is 0 Å². The van der Waals surface area contributed by atoms with Crippen molar-refractivity contribution in [3.05, 3.63) is 0 Å². The van der Waals surface area contributed by atoms with E-state index in [4.69, 9.17) is 22.1 Å². The van der Waals surface area contributed by atoms with Crippen LogP contribution in [0.5, 0.6) is 0 Å². The van der Waals surface area contributed by atoms with Crippen molar-refractivity contribution in [2.75, 3.05) is 0 Å². The topological polar surface area (TPSA) is 80.3 Å². The van der Waals surface area contributed by atoms with Crippen LogP contribution in [0, 0.1) is 0 Å². The molecular weight excluding hydrogens is 493 g/mol. The third-order valence-corrected chi connectivity index (χ3v) is 7.85. The SMILES string of the molecule is C[Si](C)(C)OC(=O)[C@@H](O[Si](C)(C)C)C(O[Si](C)(C)C)[C@H](O[Si](C)(C)C)C(=O)O[Si](C)(C)C. The second-order valence-electron chi connectivity index (χ2n) is 13.1. The Labute approximate surface area is 201 Å². The van der Waals surface area contributed by atoms with Gasteiger partial charge in [-0.15, -0.1) is 0 Å². The molecule has 12 heteroatoms. The molecule has 0 saturated heterocycles. The van der Waals surface area contributed by atoms with E-state index < -0.39 is 71.8 Å². The summed E-state index contributed by atoms with van der Waals surface area (Å²) >= 11 is 0. The van der Waals surface area contributed by atoms with Crippen molar-refractivity contribution >= 4 is 53.5 Å². The highest BCUT2D eigenvalue weighted by atomic mass is 28.4. The van der Waals surface area contributed by atoms with E-state index in [0.717, 1.165) is 0 Å². The lowest BCUT2D eigenvalue weighted by atomic mass is 10.1. The number of carbonyl (C=O) groups excluding carboxylic acids is 2. The zero-order chi connectivity index (χ0) is 25.9. The minimum Gasteiger partial charge on any atom is -0.518 e. The molecule has 0 amide bonds. The molecule has 0 saturated carbocycles. The lowest BCUT2D eigenvalue weighted by molar-refractivity contribution is -0.160. The molecule has 0 fully saturated rings. The molecule has 0 bridgehead atoms. The summed E-state index contributed by atoms with van der Waals surface area (Å²) in [7, 11) is -11.1. The van der Waals surface area contributed by atoms with Gasteiger partial charge in [-0.1, -0.05) is 0 Å². The van der Waals surface area contributed by atoms with Gasteiger partial charge in [0.15, 0.2) is 37.2 Å². The highest BCUT2D eigenvalue weighted by molar-refractivity contribution is 6.72. The molecule has 0 heterocycles. The first-order chi connectivity index (χ1) is 13.8. The van der Waals surface area contributed by atoms with Crippen LogP contribution in [0.2, 0.25) is 98.2 Å². The number of carbonyl (C=O) groups is 2. The summed E-state index contributed by atoms with van der Waals surface area (Å²) in [4.78, 5) is 26.8. The summed E-state index contributed by atoms with van der Waals surface area (Å²) in [5.74, 6) is -0.973. The van der Waals surface area contributed by atoms with E-state index in [-0.39, 0.29) is 0 Å². The van der Waals surface area contributed by atoms with E-state index in [1.165, 1.54) is 0 Å². The first kappa shape index (κ1) is 31.9. The van der Waals surface area contributed by atoms with Crippen LogP contribution < -0.4 is 0 Å². The summed E-state index contributed by atoms with van der Waals surface area (Å²) < 4.78 is 30.9. The van der Waals surface area contributed by atoms with E-state index in [0.29, 0.717) is 0 Å². The van der Waals surface area contributed by atoms with Crippen molar-refractivity contribution in [1.82, 2.24) is 0 Å². The average molecular weight is 541 g/mol. The summed E-state index contributed by atoms with van der Waals surface area (Å²) in [6.07, 6.45) is -3.06. The Morgan fingerprint density at radius 1 is 0.438 bits per heavy atom. The molecule has 0 aliphatic carbocycles. The Morgan fingerprint density at radius 3 is 0.875 bits per heavy atom. The van der Waals surface area contributed by atoms with Crippen molar-refractivity contribution in [3.63, 3.8) is 0 Å². The second-order valence-corrected chi connectivity index (χ2v) is 35.3. The lowest BCUT2D eigenvalue weighted by Crippen LogP contribution is -2.59. The normalized spacial score (nSPS) is 16.0. The van der Waals surface area contributed by atoms with Crippen LogP contribution in [0.3, 0.4) is 0 Å². The van der Waals surface area contributed by atoms with Gasteiger partial charge in [0, 0.05) is 0 Å². The molecule has 2 atom stereocenters. The maximum absolute atomic E-state index is 13.4. The molecule has 0 N–H and O–H groups in total. The fourth-order valence-electron chi connectivity index (χ4n) is 2.67. The minimum atomic E-state index is -2.23.